The number of aliphatic hydroxyl groups excluding tert-OH is 1. The lowest BCUT2D eigenvalue weighted by Gasteiger charge is -2.25. The van der Waals surface area contributed by atoms with Crippen molar-refractivity contribution in [2.24, 2.45) is 0 Å². The van der Waals surface area contributed by atoms with E-state index in [-0.39, 0.29) is 34.9 Å². The monoisotopic (exact) mass is 486 g/mol. The van der Waals surface area contributed by atoms with Crippen LogP contribution in [0.5, 0.6) is 0 Å². The lowest BCUT2D eigenvalue weighted by atomic mass is 9.93. The van der Waals surface area contributed by atoms with Crippen molar-refractivity contribution in [3.63, 3.8) is 0 Å². The molecule has 3 rings (SSSR count). The van der Waals surface area contributed by atoms with Crippen molar-refractivity contribution in [3.8, 4) is 0 Å². The number of likely N-dealkylation sites (tertiary alicyclic amines) is 1. The van der Waals surface area contributed by atoms with E-state index in [4.69, 9.17) is 4.74 Å². The Kier molecular flexibility index (Phi) is 7.60. The zero-order chi connectivity index (χ0) is 25.2. The molecule has 1 aliphatic rings. The number of hydrogen-bond acceptors (Lipinski definition) is 6. The first-order valence-electron chi connectivity index (χ1n) is 10.9. The fourth-order valence-corrected chi connectivity index (χ4v) is 4.76. The molecule has 1 saturated heterocycles. The Labute approximate surface area is 200 Å². The van der Waals surface area contributed by atoms with Crippen molar-refractivity contribution in [1.29, 1.82) is 0 Å². The van der Waals surface area contributed by atoms with Gasteiger partial charge in [0.25, 0.3) is 11.7 Å². The van der Waals surface area contributed by atoms with E-state index < -0.39 is 27.8 Å². The molecule has 0 radical (unpaired) electrons. The average Bonchev–Trinajstić information content (AvgIpc) is 3.07. The van der Waals surface area contributed by atoms with Crippen LogP contribution < -0.4 is 0 Å². The molecule has 0 saturated carbocycles. The summed E-state index contributed by atoms with van der Waals surface area (Å²) in [6.07, 6.45) is 0. The number of amides is 1. The maximum absolute atomic E-state index is 13.0. The number of benzene rings is 2. The van der Waals surface area contributed by atoms with E-state index in [9.17, 15) is 23.1 Å². The van der Waals surface area contributed by atoms with E-state index in [1.165, 1.54) is 50.4 Å². The van der Waals surface area contributed by atoms with E-state index in [0.29, 0.717) is 11.5 Å². The fourth-order valence-electron chi connectivity index (χ4n) is 3.86. The minimum absolute atomic E-state index is 0.0402. The quantitative estimate of drug-likeness (QED) is 0.349. The van der Waals surface area contributed by atoms with Crippen molar-refractivity contribution < 1.29 is 27.9 Å². The van der Waals surface area contributed by atoms with Gasteiger partial charge in [-0.05, 0) is 41.3 Å². The van der Waals surface area contributed by atoms with Crippen LogP contribution in [0.3, 0.4) is 0 Å². The summed E-state index contributed by atoms with van der Waals surface area (Å²) in [5.74, 6) is -1.56. The standard InChI is InChI=1S/C25H30N2O6S/c1-16(2)17-6-8-18(9-7-17)22-21(24(29)25(30)27(22)14-15-33-5)23(28)19-10-12-20(13-11-19)34(31,32)26(3)4/h6-13,16,22,28H,14-15H2,1-5H3/b23-21-. The van der Waals surface area contributed by atoms with Gasteiger partial charge in [0.15, 0.2) is 0 Å². The van der Waals surface area contributed by atoms with Crippen molar-refractivity contribution in [2.75, 3.05) is 34.4 Å². The van der Waals surface area contributed by atoms with Gasteiger partial charge in [0.05, 0.1) is 23.1 Å². The Morgan fingerprint density at radius 2 is 1.65 bits per heavy atom. The summed E-state index contributed by atoms with van der Waals surface area (Å²) in [4.78, 5) is 27.3. The highest BCUT2D eigenvalue weighted by molar-refractivity contribution is 7.89. The summed E-state index contributed by atoms with van der Waals surface area (Å²) in [5.41, 5.74) is 2.00. The molecule has 1 fully saturated rings. The minimum Gasteiger partial charge on any atom is -0.507 e. The molecule has 182 valence electrons. The second kappa shape index (κ2) is 10.1. The topological polar surface area (TPSA) is 104 Å². The van der Waals surface area contributed by atoms with Crippen molar-refractivity contribution >= 4 is 27.5 Å². The Hall–Kier alpha value is -3.01. The van der Waals surface area contributed by atoms with Crippen LogP contribution in [0.2, 0.25) is 0 Å². The molecule has 8 nitrogen and oxygen atoms in total. The van der Waals surface area contributed by atoms with Gasteiger partial charge in [0.1, 0.15) is 5.76 Å². The van der Waals surface area contributed by atoms with Gasteiger partial charge >= 0.3 is 0 Å². The van der Waals surface area contributed by atoms with Crippen molar-refractivity contribution in [2.45, 2.75) is 30.7 Å². The van der Waals surface area contributed by atoms with Crippen LogP contribution in [0.15, 0.2) is 59.0 Å². The van der Waals surface area contributed by atoms with Crippen LogP contribution in [0, 0.1) is 0 Å². The molecule has 0 aliphatic carbocycles. The molecule has 0 spiro atoms. The Morgan fingerprint density at radius 1 is 1.06 bits per heavy atom. The fraction of sp³-hybridized carbons (Fsp3) is 0.360. The normalized spacial score (nSPS) is 18.3. The summed E-state index contributed by atoms with van der Waals surface area (Å²) in [7, 11) is 0.709. The van der Waals surface area contributed by atoms with Gasteiger partial charge in [-0.3, -0.25) is 9.59 Å². The van der Waals surface area contributed by atoms with Gasteiger partial charge in [0, 0.05) is 33.3 Å². The Balaban J connectivity index is 2.11. The predicted molar refractivity (Wildman–Crippen MR) is 129 cm³/mol. The minimum atomic E-state index is -3.65. The number of sulfonamides is 1. The van der Waals surface area contributed by atoms with Crippen LogP contribution >= 0.6 is 0 Å². The molecule has 1 atom stereocenters. The molecule has 1 amide bonds. The summed E-state index contributed by atoms with van der Waals surface area (Å²) in [6.45, 7) is 4.54. The van der Waals surface area contributed by atoms with Crippen molar-refractivity contribution in [3.05, 3.63) is 70.8 Å². The third kappa shape index (κ3) is 4.77. The van der Waals surface area contributed by atoms with Crippen LogP contribution in [0.1, 0.15) is 42.5 Å². The maximum Gasteiger partial charge on any atom is 0.295 e. The van der Waals surface area contributed by atoms with E-state index in [1.807, 2.05) is 24.3 Å². The zero-order valence-corrected chi connectivity index (χ0v) is 20.8. The molecule has 34 heavy (non-hydrogen) atoms. The number of nitrogens with zero attached hydrogens (tertiary/aromatic N) is 2. The second-order valence-corrected chi connectivity index (χ2v) is 10.8. The highest BCUT2D eigenvalue weighted by Gasteiger charge is 2.45. The molecule has 2 aromatic carbocycles. The van der Waals surface area contributed by atoms with E-state index in [2.05, 4.69) is 13.8 Å². The predicted octanol–water partition coefficient (Wildman–Crippen LogP) is 3.13. The first-order chi connectivity index (χ1) is 16.0. The molecule has 1 N–H and O–H groups in total. The molecule has 1 aliphatic heterocycles. The van der Waals surface area contributed by atoms with Gasteiger partial charge in [-0.2, -0.15) is 0 Å². The van der Waals surface area contributed by atoms with Crippen LogP contribution in [-0.2, 0) is 24.3 Å². The number of Topliss-reactive ketones (excluding diaryl/α,β-unsaturated/α-hetero) is 1. The number of carbonyl (C=O) groups excluding carboxylic acids is 2. The van der Waals surface area contributed by atoms with Crippen molar-refractivity contribution in [1.82, 2.24) is 9.21 Å². The molecule has 1 heterocycles. The van der Waals surface area contributed by atoms with Gasteiger partial charge in [0.2, 0.25) is 10.0 Å². The number of carbonyl (C=O) groups is 2. The van der Waals surface area contributed by atoms with E-state index >= 15 is 0 Å². The van der Waals surface area contributed by atoms with Crippen LogP contribution in [0.4, 0.5) is 0 Å². The first-order valence-corrected chi connectivity index (χ1v) is 12.3. The summed E-state index contributed by atoms with van der Waals surface area (Å²) in [5, 5.41) is 11.1. The number of ketones is 1. The lowest BCUT2D eigenvalue weighted by Crippen LogP contribution is -2.32. The Bertz CT molecular complexity index is 1200. The third-order valence-electron chi connectivity index (χ3n) is 5.90. The second-order valence-electron chi connectivity index (χ2n) is 8.62. The number of methoxy groups -OCH3 is 1. The van der Waals surface area contributed by atoms with Gasteiger partial charge in [-0.1, -0.05) is 38.1 Å². The highest BCUT2D eigenvalue weighted by Crippen LogP contribution is 2.39. The molecule has 0 bridgehead atoms. The maximum atomic E-state index is 13.0. The van der Waals surface area contributed by atoms with Gasteiger partial charge in [-0.25, -0.2) is 12.7 Å². The SMILES string of the molecule is COCCN1C(=O)C(=O)/C(=C(\O)c2ccc(S(=O)(=O)N(C)C)cc2)C1c1ccc(C(C)C)cc1. The highest BCUT2D eigenvalue weighted by atomic mass is 32.2. The number of hydrogen-bond donors (Lipinski definition) is 1. The molecular weight excluding hydrogens is 456 g/mol. The molecule has 1 unspecified atom stereocenters. The van der Waals surface area contributed by atoms with Crippen LogP contribution in [0.25, 0.3) is 5.76 Å². The summed E-state index contributed by atoms with van der Waals surface area (Å²) >= 11 is 0. The molecule has 2 aromatic rings. The zero-order valence-electron chi connectivity index (χ0n) is 20.0. The first kappa shape index (κ1) is 25.6. The molecule has 0 aromatic heterocycles. The lowest BCUT2D eigenvalue weighted by molar-refractivity contribution is -0.140. The third-order valence-corrected chi connectivity index (χ3v) is 7.73. The largest absolute Gasteiger partial charge is 0.507 e. The molecule has 9 heteroatoms. The number of aliphatic hydroxyl groups is 1. The molecular formula is C25H30N2O6S. The number of rotatable bonds is 8. The van der Waals surface area contributed by atoms with E-state index in [0.717, 1.165) is 9.87 Å². The van der Waals surface area contributed by atoms with Gasteiger partial charge in [-0.15, -0.1) is 0 Å². The summed E-state index contributed by atoms with van der Waals surface area (Å²) in [6, 6.07) is 12.4. The van der Waals surface area contributed by atoms with E-state index in [1.54, 1.807) is 0 Å². The van der Waals surface area contributed by atoms with Gasteiger partial charge < -0.3 is 14.7 Å². The average molecular weight is 487 g/mol. The van der Waals surface area contributed by atoms with Crippen LogP contribution in [-0.4, -0.2) is 68.8 Å². The smallest absolute Gasteiger partial charge is 0.295 e. The summed E-state index contributed by atoms with van der Waals surface area (Å²) < 4.78 is 30.9. The Morgan fingerprint density at radius 3 is 2.15 bits per heavy atom. The number of ether oxygens (including phenoxy) is 1.